The highest BCUT2D eigenvalue weighted by atomic mass is 16.2. The average molecular weight is 298 g/mol. The van der Waals surface area contributed by atoms with Gasteiger partial charge in [-0.15, -0.1) is 0 Å². The van der Waals surface area contributed by atoms with Gasteiger partial charge in [0.05, 0.1) is 6.04 Å². The first kappa shape index (κ1) is 14.8. The van der Waals surface area contributed by atoms with Crippen molar-refractivity contribution in [3.63, 3.8) is 0 Å². The molecule has 2 atom stereocenters. The number of H-pyrrole nitrogens is 1. The molecule has 116 valence electrons. The molecule has 0 radical (unpaired) electrons. The maximum atomic E-state index is 12.3. The summed E-state index contributed by atoms with van der Waals surface area (Å²) in [6.07, 6.45) is 4.33. The minimum absolute atomic E-state index is 0.0739. The fourth-order valence-corrected chi connectivity index (χ4v) is 3.01. The van der Waals surface area contributed by atoms with Crippen LogP contribution in [0.3, 0.4) is 0 Å². The quantitative estimate of drug-likeness (QED) is 0.600. The lowest BCUT2D eigenvalue weighted by molar-refractivity contribution is -0.123. The van der Waals surface area contributed by atoms with Gasteiger partial charge in [-0.05, 0) is 31.4 Å². The minimum atomic E-state index is -0.250. The van der Waals surface area contributed by atoms with Gasteiger partial charge in [0.25, 0.3) is 5.91 Å². The van der Waals surface area contributed by atoms with Crippen LogP contribution < -0.4 is 10.7 Å². The lowest BCUT2D eigenvalue weighted by Gasteiger charge is -2.27. The third-order valence-corrected chi connectivity index (χ3v) is 4.14. The number of amides is 1. The van der Waals surface area contributed by atoms with Crippen molar-refractivity contribution in [1.82, 2.24) is 15.7 Å². The SMILES string of the molecule is CCCC=NNC(=O)[C@@H]1Cc2c([nH]c3ccccc23)[C@H](C)N1. The monoisotopic (exact) mass is 298 g/mol. The molecule has 1 amide bonds. The van der Waals surface area contributed by atoms with Crippen molar-refractivity contribution in [1.29, 1.82) is 0 Å². The van der Waals surface area contributed by atoms with Crippen LogP contribution in [-0.2, 0) is 11.2 Å². The van der Waals surface area contributed by atoms with Gasteiger partial charge in [-0.1, -0.05) is 31.5 Å². The Bertz CT molecular complexity index is 704. The van der Waals surface area contributed by atoms with Gasteiger partial charge in [-0.3, -0.25) is 10.1 Å². The van der Waals surface area contributed by atoms with E-state index in [2.05, 4.69) is 46.8 Å². The molecule has 5 heteroatoms. The van der Waals surface area contributed by atoms with Gasteiger partial charge in [-0.25, -0.2) is 5.43 Å². The third-order valence-electron chi connectivity index (χ3n) is 4.14. The van der Waals surface area contributed by atoms with E-state index < -0.39 is 0 Å². The predicted molar refractivity (Wildman–Crippen MR) is 88.9 cm³/mol. The van der Waals surface area contributed by atoms with E-state index in [4.69, 9.17) is 0 Å². The van der Waals surface area contributed by atoms with Crippen LogP contribution in [0.1, 0.15) is 44.0 Å². The van der Waals surface area contributed by atoms with Crippen LogP contribution >= 0.6 is 0 Å². The molecule has 1 aliphatic heterocycles. The maximum absolute atomic E-state index is 12.3. The molecule has 0 fully saturated rings. The number of benzene rings is 1. The Labute approximate surface area is 130 Å². The second-order valence-corrected chi connectivity index (χ2v) is 5.78. The third kappa shape index (κ3) is 2.76. The Balaban J connectivity index is 1.79. The molecule has 0 unspecified atom stereocenters. The van der Waals surface area contributed by atoms with Gasteiger partial charge >= 0.3 is 0 Å². The van der Waals surface area contributed by atoms with Crippen molar-refractivity contribution in [2.24, 2.45) is 5.10 Å². The molecular formula is C17H22N4O. The van der Waals surface area contributed by atoms with Gasteiger partial charge in [-0.2, -0.15) is 5.10 Å². The molecule has 5 nitrogen and oxygen atoms in total. The summed E-state index contributed by atoms with van der Waals surface area (Å²) in [5, 5.41) is 8.56. The zero-order chi connectivity index (χ0) is 15.5. The molecule has 22 heavy (non-hydrogen) atoms. The largest absolute Gasteiger partial charge is 0.357 e. The van der Waals surface area contributed by atoms with E-state index in [1.165, 1.54) is 16.6 Å². The highest BCUT2D eigenvalue weighted by Gasteiger charge is 2.30. The first-order chi connectivity index (χ1) is 10.7. The Hall–Kier alpha value is -2.14. The van der Waals surface area contributed by atoms with Crippen LogP contribution in [0.15, 0.2) is 29.4 Å². The first-order valence-electron chi connectivity index (χ1n) is 7.87. The molecule has 3 rings (SSSR count). The number of unbranched alkanes of at least 4 members (excludes halogenated alkanes) is 1. The van der Waals surface area contributed by atoms with Crippen LogP contribution in [0.2, 0.25) is 0 Å². The van der Waals surface area contributed by atoms with Crippen LogP contribution in [-0.4, -0.2) is 23.1 Å². The van der Waals surface area contributed by atoms with E-state index in [0.717, 1.165) is 18.4 Å². The van der Waals surface area contributed by atoms with E-state index in [-0.39, 0.29) is 18.0 Å². The Kier molecular flexibility index (Phi) is 4.24. The smallest absolute Gasteiger partial charge is 0.257 e. The summed E-state index contributed by atoms with van der Waals surface area (Å²) >= 11 is 0. The number of nitrogens with one attached hydrogen (secondary N) is 3. The number of para-hydroxylation sites is 1. The minimum Gasteiger partial charge on any atom is -0.357 e. The van der Waals surface area contributed by atoms with E-state index in [1.54, 1.807) is 6.21 Å². The average Bonchev–Trinajstić information content (AvgIpc) is 2.91. The molecule has 0 aliphatic carbocycles. The molecule has 2 aromatic rings. The van der Waals surface area contributed by atoms with Gasteiger partial charge in [0, 0.05) is 28.9 Å². The molecule has 0 saturated carbocycles. The number of carbonyl (C=O) groups is 1. The predicted octanol–water partition coefficient (Wildman–Crippen LogP) is 2.65. The summed E-state index contributed by atoms with van der Waals surface area (Å²) in [7, 11) is 0. The molecule has 1 aromatic heterocycles. The van der Waals surface area contributed by atoms with Crippen LogP contribution in [0.4, 0.5) is 0 Å². The van der Waals surface area contributed by atoms with Gasteiger partial charge in [0.15, 0.2) is 0 Å². The van der Waals surface area contributed by atoms with Crippen molar-refractivity contribution in [2.45, 2.75) is 45.2 Å². The second-order valence-electron chi connectivity index (χ2n) is 5.78. The Morgan fingerprint density at radius 2 is 2.27 bits per heavy atom. The number of fused-ring (bicyclic) bond motifs is 3. The number of hydrazone groups is 1. The molecule has 0 spiro atoms. The van der Waals surface area contributed by atoms with Crippen LogP contribution in [0, 0.1) is 0 Å². The highest BCUT2D eigenvalue weighted by Crippen LogP contribution is 2.31. The number of carbonyl (C=O) groups excluding carboxylic acids is 1. The second kappa shape index (κ2) is 6.32. The fraction of sp³-hybridized carbons (Fsp3) is 0.412. The summed E-state index contributed by atoms with van der Waals surface area (Å²) in [6.45, 7) is 4.16. The van der Waals surface area contributed by atoms with Crippen molar-refractivity contribution in [2.75, 3.05) is 0 Å². The lowest BCUT2D eigenvalue weighted by Crippen LogP contribution is -2.47. The summed E-state index contributed by atoms with van der Waals surface area (Å²) in [5.41, 5.74) is 6.18. The van der Waals surface area contributed by atoms with Crippen LogP contribution in [0.25, 0.3) is 10.9 Å². The molecule has 2 heterocycles. The first-order valence-corrected chi connectivity index (χ1v) is 7.87. The van der Waals surface area contributed by atoms with Gasteiger partial charge < -0.3 is 4.98 Å². The molecular weight excluding hydrogens is 276 g/mol. The number of aromatic nitrogens is 1. The highest BCUT2D eigenvalue weighted by molar-refractivity contribution is 5.88. The van der Waals surface area contributed by atoms with Crippen molar-refractivity contribution >= 4 is 23.0 Å². The topological polar surface area (TPSA) is 69.3 Å². The molecule has 3 N–H and O–H groups in total. The number of hydrogen-bond donors (Lipinski definition) is 3. The summed E-state index contributed by atoms with van der Waals surface area (Å²) in [4.78, 5) is 15.7. The standard InChI is InChI=1S/C17H22N4O/c1-3-4-9-18-21-17(22)15-10-13-12-7-5-6-8-14(12)20-16(13)11(2)19-15/h5-9,11,15,19-20H,3-4,10H2,1-2H3,(H,21,22)/t11-,15-/m0/s1. The number of aromatic amines is 1. The van der Waals surface area contributed by atoms with Crippen molar-refractivity contribution in [3.05, 3.63) is 35.5 Å². The van der Waals surface area contributed by atoms with E-state index in [0.29, 0.717) is 6.42 Å². The lowest BCUT2D eigenvalue weighted by atomic mass is 9.94. The number of nitrogens with zero attached hydrogens (tertiary/aromatic N) is 1. The zero-order valence-electron chi connectivity index (χ0n) is 13.0. The molecule has 0 bridgehead atoms. The van der Waals surface area contributed by atoms with Crippen LogP contribution in [0.5, 0.6) is 0 Å². The maximum Gasteiger partial charge on any atom is 0.257 e. The van der Waals surface area contributed by atoms with Gasteiger partial charge in [0.2, 0.25) is 0 Å². The zero-order valence-corrected chi connectivity index (χ0v) is 13.0. The number of hydrogen-bond acceptors (Lipinski definition) is 3. The van der Waals surface area contributed by atoms with E-state index in [1.807, 2.05) is 12.1 Å². The number of rotatable bonds is 4. The molecule has 1 aromatic carbocycles. The van der Waals surface area contributed by atoms with Crippen molar-refractivity contribution < 1.29 is 4.79 Å². The van der Waals surface area contributed by atoms with Crippen molar-refractivity contribution in [3.8, 4) is 0 Å². The molecule has 0 saturated heterocycles. The van der Waals surface area contributed by atoms with E-state index in [9.17, 15) is 4.79 Å². The van der Waals surface area contributed by atoms with E-state index >= 15 is 0 Å². The Morgan fingerprint density at radius 1 is 1.45 bits per heavy atom. The van der Waals surface area contributed by atoms with Gasteiger partial charge in [0.1, 0.15) is 0 Å². The fourth-order valence-electron chi connectivity index (χ4n) is 3.01. The normalized spacial score (nSPS) is 21.2. The summed E-state index contributed by atoms with van der Waals surface area (Å²) in [6, 6.07) is 8.11. The molecule has 1 aliphatic rings. The summed E-state index contributed by atoms with van der Waals surface area (Å²) in [5.74, 6) is -0.0739. The Morgan fingerprint density at radius 3 is 3.09 bits per heavy atom. The summed E-state index contributed by atoms with van der Waals surface area (Å²) < 4.78 is 0.